The second kappa shape index (κ2) is 9.55. The van der Waals surface area contributed by atoms with E-state index in [0.717, 1.165) is 11.3 Å². The van der Waals surface area contributed by atoms with Crippen molar-refractivity contribution >= 4 is 34.8 Å². The van der Waals surface area contributed by atoms with Crippen LogP contribution >= 0.6 is 11.3 Å². The summed E-state index contributed by atoms with van der Waals surface area (Å²) in [7, 11) is 1.42. The van der Waals surface area contributed by atoms with Crippen LogP contribution in [0.2, 0.25) is 0 Å². The summed E-state index contributed by atoms with van der Waals surface area (Å²) >= 11 is 1.14. The summed E-state index contributed by atoms with van der Waals surface area (Å²) < 4.78 is 12.2. The van der Waals surface area contributed by atoms with E-state index in [4.69, 9.17) is 14.5 Å². The first kappa shape index (κ1) is 23.9. The van der Waals surface area contributed by atoms with Gasteiger partial charge in [-0.25, -0.2) is 9.79 Å². The summed E-state index contributed by atoms with van der Waals surface area (Å²) in [6.45, 7) is 3.48. The molecule has 1 aromatic heterocycles. The van der Waals surface area contributed by atoms with E-state index in [1.54, 1.807) is 44.2 Å². The Hall–Kier alpha value is -4.25. The number of esters is 1. The van der Waals surface area contributed by atoms with Crippen molar-refractivity contribution in [1.82, 2.24) is 4.57 Å². The molecule has 0 fully saturated rings. The molecule has 1 aliphatic rings. The molecule has 1 N–H and O–H groups in total. The SMILES string of the molecule is CCOC(=O)C1=C(C)n2c(s/c(=C\c3ccc([N+](=O)[O-])cc3)c2=O)=N[C@H]1c1ccc(O)c(OC)c1. The molecular formula is C24H21N3O7S. The number of nitro groups is 1. The Morgan fingerprint density at radius 2 is 2.00 bits per heavy atom. The highest BCUT2D eigenvalue weighted by Gasteiger charge is 2.32. The highest BCUT2D eigenvalue weighted by atomic mass is 32.1. The van der Waals surface area contributed by atoms with Gasteiger partial charge in [-0.1, -0.05) is 17.4 Å². The van der Waals surface area contributed by atoms with Gasteiger partial charge >= 0.3 is 5.97 Å². The molecule has 0 amide bonds. The number of allylic oxidation sites excluding steroid dienone is 1. The maximum absolute atomic E-state index is 13.3. The minimum Gasteiger partial charge on any atom is -0.504 e. The molecule has 1 atom stereocenters. The van der Waals surface area contributed by atoms with Crippen LogP contribution in [-0.4, -0.2) is 34.3 Å². The Morgan fingerprint density at radius 3 is 2.63 bits per heavy atom. The normalized spacial score (nSPS) is 15.4. The van der Waals surface area contributed by atoms with Crippen molar-refractivity contribution in [3.8, 4) is 11.5 Å². The zero-order chi connectivity index (χ0) is 25.3. The molecule has 0 unspecified atom stereocenters. The number of rotatable bonds is 6. The topological polar surface area (TPSA) is 133 Å². The number of methoxy groups -OCH3 is 1. The monoisotopic (exact) mass is 495 g/mol. The first-order valence-electron chi connectivity index (χ1n) is 10.6. The van der Waals surface area contributed by atoms with E-state index in [0.29, 0.717) is 26.2 Å². The molecule has 2 aromatic carbocycles. The van der Waals surface area contributed by atoms with Crippen LogP contribution in [0.15, 0.2) is 57.8 Å². The minimum absolute atomic E-state index is 0.0515. The van der Waals surface area contributed by atoms with Crippen LogP contribution < -0.4 is 19.6 Å². The summed E-state index contributed by atoms with van der Waals surface area (Å²) in [4.78, 5) is 41.7. The molecule has 10 nitrogen and oxygen atoms in total. The number of non-ortho nitro benzene ring substituents is 1. The van der Waals surface area contributed by atoms with Gasteiger partial charge in [-0.3, -0.25) is 19.5 Å². The number of carbonyl (C=O) groups is 1. The fraction of sp³-hybridized carbons (Fsp3) is 0.208. The van der Waals surface area contributed by atoms with Crippen molar-refractivity contribution in [1.29, 1.82) is 0 Å². The third kappa shape index (κ3) is 4.45. The number of aromatic hydroxyl groups is 1. The number of carbonyl (C=O) groups excluding carboxylic acids is 1. The molecule has 180 valence electrons. The molecular weight excluding hydrogens is 474 g/mol. The average molecular weight is 496 g/mol. The molecule has 4 rings (SSSR count). The number of hydrogen-bond acceptors (Lipinski definition) is 9. The second-order valence-corrected chi connectivity index (χ2v) is 8.57. The Bertz CT molecular complexity index is 1530. The molecule has 0 aliphatic carbocycles. The van der Waals surface area contributed by atoms with Crippen LogP contribution in [0.4, 0.5) is 5.69 Å². The molecule has 1 aliphatic heterocycles. The molecule has 0 saturated heterocycles. The number of hydrogen-bond donors (Lipinski definition) is 1. The van der Waals surface area contributed by atoms with Crippen molar-refractivity contribution in [2.75, 3.05) is 13.7 Å². The third-order valence-electron chi connectivity index (χ3n) is 5.46. The van der Waals surface area contributed by atoms with Crippen LogP contribution in [0, 0.1) is 10.1 Å². The van der Waals surface area contributed by atoms with Gasteiger partial charge in [0.05, 0.1) is 28.7 Å². The largest absolute Gasteiger partial charge is 0.504 e. The molecule has 2 heterocycles. The van der Waals surface area contributed by atoms with E-state index in [1.807, 2.05) is 0 Å². The minimum atomic E-state index is -0.783. The zero-order valence-corrected chi connectivity index (χ0v) is 19.9. The smallest absolute Gasteiger partial charge is 0.338 e. The van der Waals surface area contributed by atoms with Gasteiger partial charge in [0.25, 0.3) is 11.2 Å². The Balaban J connectivity index is 1.91. The standard InChI is InChI=1S/C24H21N3O7S/c1-4-34-23(30)20-13(2)26-22(29)19(11-14-5-8-16(9-6-14)27(31)32)35-24(26)25-21(20)15-7-10-17(28)18(12-15)33-3/h5-12,21,28H,4H2,1-3H3/b19-11-/t21-/m0/s1. The first-order valence-corrected chi connectivity index (χ1v) is 11.4. The van der Waals surface area contributed by atoms with E-state index < -0.39 is 16.9 Å². The predicted octanol–water partition coefficient (Wildman–Crippen LogP) is 2.53. The molecule has 0 spiro atoms. The van der Waals surface area contributed by atoms with Crippen LogP contribution in [0.3, 0.4) is 0 Å². The van der Waals surface area contributed by atoms with E-state index in [2.05, 4.69) is 0 Å². The number of ether oxygens (including phenoxy) is 2. The lowest BCUT2D eigenvalue weighted by molar-refractivity contribution is -0.384. The third-order valence-corrected chi connectivity index (χ3v) is 6.44. The van der Waals surface area contributed by atoms with Gasteiger partial charge in [-0.05, 0) is 55.3 Å². The lowest BCUT2D eigenvalue weighted by Gasteiger charge is -2.22. The van der Waals surface area contributed by atoms with Crippen molar-refractivity contribution < 1.29 is 24.3 Å². The summed E-state index contributed by atoms with van der Waals surface area (Å²) in [5.74, 6) is -0.436. The number of nitro benzene ring substituents is 1. The fourth-order valence-electron chi connectivity index (χ4n) is 3.77. The maximum atomic E-state index is 13.3. The lowest BCUT2D eigenvalue weighted by atomic mass is 9.96. The molecule has 0 saturated carbocycles. The van der Waals surface area contributed by atoms with Crippen molar-refractivity contribution in [3.63, 3.8) is 0 Å². The van der Waals surface area contributed by atoms with Crippen molar-refractivity contribution in [3.05, 3.63) is 89.0 Å². The highest BCUT2D eigenvalue weighted by Crippen LogP contribution is 2.36. The van der Waals surface area contributed by atoms with Gasteiger partial charge in [-0.2, -0.15) is 0 Å². The molecule has 3 aromatic rings. The zero-order valence-electron chi connectivity index (χ0n) is 19.0. The summed E-state index contributed by atoms with van der Waals surface area (Å²) in [5.41, 5.74) is 1.36. The maximum Gasteiger partial charge on any atom is 0.338 e. The van der Waals surface area contributed by atoms with Gasteiger partial charge in [0.15, 0.2) is 16.3 Å². The number of phenolic OH excluding ortho intramolecular Hbond substituents is 1. The van der Waals surface area contributed by atoms with E-state index in [9.17, 15) is 24.8 Å². The number of thiazole rings is 1. The quantitative estimate of drug-likeness (QED) is 0.316. The van der Waals surface area contributed by atoms with Gasteiger partial charge < -0.3 is 14.6 Å². The van der Waals surface area contributed by atoms with Gasteiger partial charge in [0, 0.05) is 17.8 Å². The summed E-state index contributed by atoms with van der Waals surface area (Å²) in [6, 6.07) is 9.71. The van der Waals surface area contributed by atoms with Crippen LogP contribution in [0.1, 0.15) is 31.0 Å². The van der Waals surface area contributed by atoms with Gasteiger partial charge in [0.1, 0.15) is 6.04 Å². The van der Waals surface area contributed by atoms with Crippen LogP contribution in [-0.2, 0) is 9.53 Å². The number of phenols is 1. The molecule has 0 bridgehead atoms. The molecule has 35 heavy (non-hydrogen) atoms. The lowest BCUT2D eigenvalue weighted by Crippen LogP contribution is -2.35. The van der Waals surface area contributed by atoms with Gasteiger partial charge in [0.2, 0.25) is 0 Å². The number of fused-ring (bicyclic) bond motifs is 1. The highest BCUT2D eigenvalue weighted by molar-refractivity contribution is 7.07. The number of aromatic nitrogens is 1. The average Bonchev–Trinajstić information content (AvgIpc) is 3.14. The van der Waals surface area contributed by atoms with E-state index in [-0.39, 0.29) is 34.9 Å². The summed E-state index contributed by atoms with van der Waals surface area (Å²) in [5, 5.41) is 20.9. The Labute approximate surface area is 202 Å². The van der Waals surface area contributed by atoms with Crippen LogP contribution in [0.5, 0.6) is 11.5 Å². The summed E-state index contributed by atoms with van der Waals surface area (Å²) in [6.07, 6.45) is 1.62. The van der Waals surface area contributed by atoms with Crippen molar-refractivity contribution in [2.24, 2.45) is 4.99 Å². The molecule has 0 radical (unpaired) electrons. The van der Waals surface area contributed by atoms with Gasteiger partial charge in [-0.15, -0.1) is 0 Å². The second-order valence-electron chi connectivity index (χ2n) is 7.56. The molecule has 11 heteroatoms. The Kier molecular flexibility index (Phi) is 6.52. The number of benzene rings is 2. The number of nitrogens with zero attached hydrogens (tertiary/aromatic N) is 3. The first-order chi connectivity index (χ1) is 16.7. The van der Waals surface area contributed by atoms with E-state index in [1.165, 1.54) is 29.9 Å². The van der Waals surface area contributed by atoms with E-state index >= 15 is 0 Å². The van der Waals surface area contributed by atoms with Crippen molar-refractivity contribution in [2.45, 2.75) is 19.9 Å². The van der Waals surface area contributed by atoms with Crippen LogP contribution in [0.25, 0.3) is 11.8 Å². The Morgan fingerprint density at radius 1 is 1.29 bits per heavy atom. The predicted molar refractivity (Wildman–Crippen MR) is 129 cm³/mol. The fourth-order valence-corrected chi connectivity index (χ4v) is 4.81.